The van der Waals surface area contributed by atoms with Crippen LogP contribution in [0.5, 0.6) is 0 Å². The third kappa shape index (κ3) is 3.09. The number of aromatic amines is 1. The molecule has 0 bridgehead atoms. The van der Waals surface area contributed by atoms with Crippen LogP contribution < -0.4 is 10.2 Å². The summed E-state index contributed by atoms with van der Waals surface area (Å²) in [6, 6.07) is 6.30. The predicted molar refractivity (Wildman–Crippen MR) is 114 cm³/mol. The summed E-state index contributed by atoms with van der Waals surface area (Å²) < 4.78 is 0. The van der Waals surface area contributed by atoms with Gasteiger partial charge in [0.25, 0.3) is 0 Å². The number of nitrogens with one attached hydrogen (secondary N) is 2. The first-order valence-electron chi connectivity index (χ1n) is 9.52. The third-order valence-corrected chi connectivity index (χ3v) is 6.14. The number of rotatable bonds is 4. The van der Waals surface area contributed by atoms with E-state index in [-0.39, 0.29) is 0 Å². The Hall–Kier alpha value is -3.00. The van der Waals surface area contributed by atoms with Gasteiger partial charge in [-0.1, -0.05) is 11.3 Å². The minimum Gasteiger partial charge on any atom is -0.363 e. The van der Waals surface area contributed by atoms with Crippen LogP contribution in [0, 0.1) is 0 Å². The Bertz CT molecular complexity index is 1110. The van der Waals surface area contributed by atoms with E-state index in [4.69, 9.17) is 4.98 Å². The van der Waals surface area contributed by atoms with Gasteiger partial charge >= 0.3 is 0 Å². The van der Waals surface area contributed by atoms with Crippen LogP contribution in [-0.2, 0) is 0 Å². The first-order chi connectivity index (χ1) is 13.8. The van der Waals surface area contributed by atoms with Gasteiger partial charge in [-0.15, -0.1) is 10.2 Å². The van der Waals surface area contributed by atoms with Gasteiger partial charge in [-0.2, -0.15) is 0 Å². The van der Waals surface area contributed by atoms with Crippen molar-refractivity contribution in [2.24, 2.45) is 0 Å². The van der Waals surface area contributed by atoms with E-state index in [1.165, 1.54) is 19.3 Å². The molecule has 28 heavy (non-hydrogen) atoms. The van der Waals surface area contributed by atoms with Crippen molar-refractivity contribution in [3.8, 4) is 21.8 Å². The smallest absolute Gasteiger partial charge is 0.205 e. The minimum atomic E-state index is 0.810. The van der Waals surface area contributed by atoms with Crippen molar-refractivity contribution < 1.29 is 0 Å². The number of fused-ring (bicyclic) bond motifs is 1. The molecule has 0 aliphatic carbocycles. The van der Waals surface area contributed by atoms with Crippen molar-refractivity contribution in [3.05, 3.63) is 36.8 Å². The maximum absolute atomic E-state index is 4.92. The number of benzene rings is 1. The van der Waals surface area contributed by atoms with Crippen LogP contribution in [0.15, 0.2) is 36.8 Å². The number of nitrogens with zero attached hydrogens (tertiary/aromatic N) is 5. The molecule has 1 saturated heterocycles. The highest BCUT2D eigenvalue weighted by Gasteiger charge is 2.15. The van der Waals surface area contributed by atoms with E-state index in [9.17, 15) is 0 Å². The van der Waals surface area contributed by atoms with Crippen LogP contribution in [0.4, 0.5) is 10.9 Å². The Morgan fingerprint density at radius 3 is 2.82 bits per heavy atom. The molecule has 1 aliphatic heterocycles. The second-order valence-electron chi connectivity index (χ2n) is 6.94. The lowest BCUT2D eigenvalue weighted by molar-refractivity contribution is 0.573. The van der Waals surface area contributed by atoms with E-state index in [0.717, 1.165) is 56.8 Å². The summed E-state index contributed by atoms with van der Waals surface area (Å²) in [6.45, 7) is 2.11. The molecule has 0 amide bonds. The molecule has 4 heterocycles. The molecule has 3 aromatic heterocycles. The van der Waals surface area contributed by atoms with Crippen molar-refractivity contribution in [2.75, 3.05) is 30.4 Å². The largest absolute Gasteiger partial charge is 0.363 e. The minimum absolute atomic E-state index is 0.810. The van der Waals surface area contributed by atoms with Crippen LogP contribution in [0.2, 0.25) is 0 Å². The first-order valence-corrected chi connectivity index (χ1v) is 10.3. The zero-order chi connectivity index (χ0) is 18.9. The fraction of sp³-hybridized carbons (Fsp3) is 0.300. The van der Waals surface area contributed by atoms with E-state index in [2.05, 4.69) is 48.6 Å². The van der Waals surface area contributed by atoms with E-state index in [1.54, 1.807) is 11.3 Å². The van der Waals surface area contributed by atoms with Gasteiger partial charge in [0.15, 0.2) is 0 Å². The Balaban J connectivity index is 1.54. The summed E-state index contributed by atoms with van der Waals surface area (Å²) in [7, 11) is 1.85. The van der Waals surface area contributed by atoms with Crippen LogP contribution in [0.25, 0.3) is 32.7 Å². The molecule has 2 N–H and O–H groups in total. The molecule has 4 aromatic rings. The quantitative estimate of drug-likeness (QED) is 0.543. The number of aromatic nitrogens is 5. The van der Waals surface area contributed by atoms with Crippen LogP contribution in [-0.4, -0.2) is 45.3 Å². The van der Waals surface area contributed by atoms with E-state index in [1.807, 2.05) is 25.6 Å². The Morgan fingerprint density at radius 1 is 1.11 bits per heavy atom. The van der Waals surface area contributed by atoms with Crippen molar-refractivity contribution in [1.82, 2.24) is 25.1 Å². The van der Waals surface area contributed by atoms with Crippen LogP contribution in [0.3, 0.4) is 0 Å². The van der Waals surface area contributed by atoms with Crippen molar-refractivity contribution in [1.29, 1.82) is 0 Å². The molecule has 0 saturated carbocycles. The highest BCUT2D eigenvalue weighted by atomic mass is 32.1. The lowest BCUT2D eigenvalue weighted by Gasteiger charge is -2.27. The number of H-pyrrole nitrogens is 1. The van der Waals surface area contributed by atoms with Gasteiger partial charge in [0, 0.05) is 48.4 Å². The average Bonchev–Trinajstić information content (AvgIpc) is 3.41. The van der Waals surface area contributed by atoms with Gasteiger partial charge in [-0.05, 0) is 37.5 Å². The Labute approximate surface area is 166 Å². The third-order valence-electron chi connectivity index (χ3n) is 5.15. The molecule has 5 rings (SSSR count). The second-order valence-corrected chi connectivity index (χ2v) is 7.91. The fourth-order valence-electron chi connectivity index (χ4n) is 3.67. The van der Waals surface area contributed by atoms with E-state index < -0.39 is 0 Å². The average molecular weight is 392 g/mol. The number of piperidine rings is 1. The number of anilines is 2. The predicted octanol–water partition coefficient (Wildman–Crippen LogP) is 4.18. The standard InChI is InChI=1S/C20H21N7S/c1-21-20-26-25-19(28-20)13-5-6-16-14(9-13)15(10-23-16)17-11-22-12-18(24-17)27-7-3-2-4-8-27/h5-6,9-12,23H,2-4,7-8H2,1H3,(H,21,26). The molecule has 1 fully saturated rings. The van der Waals surface area contributed by atoms with Gasteiger partial charge in [-0.25, -0.2) is 4.98 Å². The van der Waals surface area contributed by atoms with Gasteiger partial charge in [0.2, 0.25) is 5.13 Å². The van der Waals surface area contributed by atoms with Crippen LogP contribution >= 0.6 is 11.3 Å². The molecule has 1 aromatic carbocycles. The summed E-state index contributed by atoms with van der Waals surface area (Å²) in [6.07, 6.45) is 9.47. The lowest BCUT2D eigenvalue weighted by Crippen LogP contribution is -2.30. The van der Waals surface area contributed by atoms with E-state index >= 15 is 0 Å². The van der Waals surface area contributed by atoms with Crippen molar-refractivity contribution >= 4 is 33.2 Å². The Morgan fingerprint density at radius 2 is 2.00 bits per heavy atom. The SMILES string of the molecule is CNc1nnc(-c2ccc3[nH]cc(-c4cncc(N5CCCCC5)n4)c3c2)s1. The molecule has 0 spiro atoms. The van der Waals surface area contributed by atoms with E-state index in [0.29, 0.717) is 0 Å². The molecule has 7 nitrogen and oxygen atoms in total. The molecule has 0 unspecified atom stereocenters. The summed E-state index contributed by atoms with van der Waals surface area (Å²) in [5, 5.41) is 14.3. The normalized spacial score (nSPS) is 14.5. The summed E-state index contributed by atoms with van der Waals surface area (Å²) >= 11 is 1.54. The monoisotopic (exact) mass is 391 g/mol. The molecule has 142 valence electrons. The van der Waals surface area contributed by atoms with Crippen LogP contribution in [0.1, 0.15) is 19.3 Å². The molecular formula is C20H21N7S. The number of hydrogen-bond acceptors (Lipinski definition) is 7. The zero-order valence-corrected chi connectivity index (χ0v) is 16.5. The topological polar surface area (TPSA) is 82.6 Å². The molecule has 0 atom stereocenters. The van der Waals surface area contributed by atoms with Gasteiger partial charge in [-0.3, -0.25) is 4.98 Å². The molecule has 0 radical (unpaired) electrons. The molecule has 8 heteroatoms. The fourth-order valence-corrected chi connectivity index (χ4v) is 4.36. The number of hydrogen-bond donors (Lipinski definition) is 2. The second kappa shape index (κ2) is 7.20. The zero-order valence-electron chi connectivity index (χ0n) is 15.6. The van der Waals surface area contributed by atoms with Crippen molar-refractivity contribution in [2.45, 2.75) is 19.3 Å². The molecular weight excluding hydrogens is 370 g/mol. The highest BCUT2D eigenvalue weighted by molar-refractivity contribution is 7.18. The first kappa shape index (κ1) is 17.1. The summed E-state index contributed by atoms with van der Waals surface area (Å²) in [4.78, 5) is 15.1. The van der Waals surface area contributed by atoms with Crippen molar-refractivity contribution in [3.63, 3.8) is 0 Å². The highest BCUT2D eigenvalue weighted by Crippen LogP contribution is 2.33. The van der Waals surface area contributed by atoms with Gasteiger partial charge in [0.1, 0.15) is 10.8 Å². The lowest BCUT2D eigenvalue weighted by atomic mass is 10.1. The van der Waals surface area contributed by atoms with Gasteiger partial charge in [0.05, 0.1) is 18.1 Å². The van der Waals surface area contributed by atoms with Gasteiger partial charge < -0.3 is 15.2 Å². The Kier molecular flexibility index (Phi) is 4.40. The maximum Gasteiger partial charge on any atom is 0.205 e. The maximum atomic E-state index is 4.92. The summed E-state index contributed by atoms with van der Waals surface area (Å²) in [5.41, 5.74) is 4.07. The molecule has 1 aliphatic rings. The summed E-state index contributed by atoms with van der Waals surface area (Å²) in [5.74, 6) is 0.963.